The minimum atomic E-state index is -0.501. The van der Waals surface area contributed by atoms with Crippen molar-refractivity contribution in [3.05, 3.63) is 48.0 Å². The number of carbonyl (C=O) groups is 1. The van der Waals surface area contributed by atoms with Gasteiger partial charge in [-0.2, -0.15) is 0 Å². The molecule has 0 saturated heterocycles. The van der Waals surface area contributed by atoms with Gasteiger partial charge in [-0.15, -0.1) is 6.42 Å². The van der Waals surface area contributed by atoms with Crippen molar-refractivity contribution in [2.45, 2.75) is 12.5 Å². The molecule has 0 saturated carbocycles. The van der Waals surface area contributed by atoms with E-state index in [1.54, 1.807) is 0 Å². The summed E-state index contributed by atoms with van der Waals surface area (Å²) in [7, 11) is 0. The molecule has 1 atom stereocenters. The van der Waals surface area contributed by atoms with Crippen LogP contribution in [0.25, 0.3) is 10.8 Å². The summed E-state index contributed by atoms with van der Waals surface area (Å²) in [6.45, 7) is -0.142. The maximum Gasteiger partial charge on any atom is 0.295 e. The zero-order chi connectivity index (χ0) is 13.7. The van der Waals surface area contributed by atoms with Crippen LogP contribution in [0.2, 0.25) is 0 Å². The van der Waals surface area contributed by atoms with E-state index < -0.39 is 5.91 Å². The summed E-state index contributed by atoms with van der Waals surface area (Å²) in [6, 6.07) is 13.6. The smallest absolute Gasteiger partial charge is 0.295 e. The first-order valence-corrected chi connectivity index (χ1v) is 6.09. The molecular formula is C16H15NO2. The first-order valence-electron chi connectivity index (χ1n) is 6.09. The molecule has 0 radical (unpaired) electrons. The molecule has 1 unspecified atom stereocenters. The van der Waals surface area contributed by atoms with E-state index in [9.17, 15) is 9.90 Å². The number of nitrogens with one attached hydrogen (secondary N) is 1. The van der Waals surface area contributed by atoms with Gasteiger partial charge in [0, 0.05) is 0 Å². The van der Waals surface area contributed by atoms with Crippen LogP contribution in [0, 0.1) is 12.3 Å². The van der Waals surface area contributed by atoms with Gasteiger partial charge in [0.15, 0.2) is 0 Å². The second-order valence-electron chi connectivity index (χ2n) is 4.34. The van der Waals surface area contributed by atoms with Crippen LogP contribution in [-0.4, -0.2) is 23.7 Å². The average Bonchev–Trinajstić information content (AvgIpc) is 2.46. The van der Waals surface area contributed by atoms with Crippen molar-refractivity contribution in [2.24, 2.45) is 0 Å². The van der Waals surface area contributed by atoms with E-state index in [-0.39, 0.29) is 12.6 Å². The number of fused-ring (bicyclic) bond motifs is 1. The van der Waals surface area contributed by atoms with Gasteiger partial charge in [-0.1, -0.05) is 42.5 Å². The molecule has 0 aliphatic carbocycles. The summed E-state index contributed by atoms with van der Waals surface area (Å²) in [6.07, 6.45) is 5.56. The molecule has 3 nitrogen and oxygen atoms in total. The second kappa shape index (κ2) is 6.03. The summed E-state index contributed by atoms with van der Waals surface area (Å²) in [4.78, 5) is 11.2. The number of benzene rings is 2. The number of hydrogen-bond donors (Lipinski definition) is 2. The molecule has 0 spiro atoms. The fourth-order valence-corrected chi connectivity index (χ4v) is 2.12. The molecule has 0 aliphatic rings. The first-order chi connectivity index (χ1) is 9.24. The molecule has 19 heavy (non-hydrogen) atoms. The van der Waals surface area contributed by atoms with Crippen LogP contribution in [-0.2, 0) is 11.2 Å². The summed E-state index contributed by atoms with van der Waals surface area (Å²) in [5.74, 6) is 1.49. The standard InChI is InChI=1S/C16H15NO2/c1-2-16(19)17-14(11-18)10-13-8-5-7-12-6-3-4-9-15(12)13/h1,3-9,14,18H,10-11H2,(H,17,19). The third-order valence-electron chi connectivity index (χ3n) is 3.03. The van der Waals surface area contributed by atoms with Crippen molar-refractivity contribution in [3.8, 4) is 12.3 Å². The highest BCUT2D eigenvalue weighted by Crippen LogP contribution is 2.19. The lowest BCUT2D eigenvalue weighted by Gasteiger charge is -2.16. The highest BCUT2D eigenvalue weighted by Gasteiger charge is 2.12. The molecular weight excluding hydrogens is 238 g/mol. The van der Waals surface area contributed by atoms with Crippen molar-refractivity contribution < 1.29 is 9.90 Å². The van der Waals surface area contributed by atoms with E-state index in [0.29, 0.717) is 6.42 Å². The van der Waals surface area contributed by atoms with Crippen LogP contribution in [0.1, 0.15) is 5.56 Å². The SMILES string of the molecule is C#CC(=O)NC(CO)Cc1cccc2ccccc12. The summed E-state index contributed by atoms with van der Waals surface area (Å²) in [5, 5.41) is 14.2. The minimum Gasteiger partial charge on any atom is -0.394 e. The lowest BCUT2D eigenvalue weighted by molar-refractivity contribution is -0.116. The van der Waals surface area contributed by atoms with Crippen molar-refractivity contribution in [3.63, 3.8) is 0 Å². The molecule has 2 rings (SSSR count). The zero-order valence-corrected chi connectivity index (χ0v) is 10.5. The Labute approximate surface area is 112 Å². The number of aliphatic hydroxyl groups is 1. The fourth-order valence-electron chi connectivity index (χ4n) is 2.12. The zero-order valence-electron chi connectivity index (χ0n) is 10.5. The van der Waals surface area contributed by atoms with Gasteiger partial charge in [-0.05, 0) is 28.7 Å². The van der Waals surface area contributed by atoms with Gasteiger partial charge in [0.05, 0.1) is 12.6 Å². The number of rotatable bonds is 4. The molecule has 0 fully saturated rings. The predicted molar refractivity (Wildman–Crippen MR) is 75.5 cm³/mol. The van der Waals surface area contributed by atoms with Crippen LogP contribution in [0.15, 0.2) is 42.5 Å². The first kappa shape index (κ1) is 13.1. The normalized spacial score (nSPS) is 11.8. The summed E-state index contributed by atoms with van der Waals surface area (Å²) in [5.41, 5.74) is 1.08. The van der Waals surface area contributed by atoms with E-state index >= 15 is 0 Å². The maximum absolute atomic E-state index is 11.2. The van der Waals surface area contributed by atoms with Gasteiger partial charge in [-0.25, -0.2) is 0 Å². The van der Waals surface area contributed by atoms with Gasteiger partial charge in [-0.3, -0.25) is 4.79 Å². The maximum atomic E-state index is 11.2. The molecule has 1 amide bonds. The van der Waals surface area contributed by atoms with E-state index in [1.807, 2.05) is 48.4 Å². The van der Waals surface area contributed by atoms with Gasteiger partial charge >= 0.3 is 0 Å². The molecule has 2 N–H and O–H groups in total. The number of hydrogen-bond acceptors (Lipinski definition) is 2. The number of amides is 1. The molecule has 96 valence electrons. The Balaban J connectivity index is 2.25. The van der Waals surface area contributed by atoms with Crippen LogP contribution in [0.3, 0.4) is 0 Å². The lowest BCUT2D eigenvalue weighted by atomic mass is 9.99. The van der Waals surface area contributed by atoms with Crippen molar-refractivity contribution >= 4 is 16.7 Å². The molecule has 0 aromatic heterocycles. The van der Waals surface area contributed by atoms with Gasteiger partial charge in [0.2, 0.25) is 0 Å². The Hall–Kier alpha value is -2.31. The average molecular weight is 253 g/mol. The molecule has 0 heterocycles. The highest BCUT2D eigenvalue weighted by molar-refractivity contribution is 5.93. The monoisotopic (exact) mass is 253 g/mol. The Kier molecular flexibility index (Phi) is 4.17. The van der Waals surface area contributed by atoms with Crippen LogP contribution < -0.4 is 5.32 Å². The van der Waals surface area contributed by atoms with Crippen LogP contribution in [0.4, 0.5) is 0 Å². The topological polar surface area (TPSA) is 49.3 Å². The van der Waals surface area contributed by atoms with Gasteiger partial charge in [0.1, 0.15) is 0 Å². The summed E-state index contributed by atoms with van der Waals surface area (Å²) >= 11 is 0. The predicted octanol–water partition coefficient (Wildman–Crippen LogP) is 1.49. The van der Waals surface area contributed by atoms with Crippen molar-refractivity contribution in [2.75, 3.05) is 6.61 Å². The van der Waals surface area contributed by atoms with E-state index in [0.717, 1.165) is 16.3 Å². The third-order valence-corrected chi connectivity index (χ3v) is 3.03. The molecule has 2 aromatic rings. The Morgan fingerprint density at radius 2 is 2.00 bits per heavy atom. The van der Waals surface area contributed by atoms with Crippen LogP contribution in [0.5, 0.6) is 0 Å². The highest BCUT2D eigenvalue weighted by atomic mass is 16.3. The molecule has 2 aromatic carbocycles. The van der Waals surface area contributed by atoms with E-state index in [1.165, 1.54) is 0 Å². The van der Waals surface area contributed by atoms with E-state index in [2.05, 4.69) is 5.32 Å². The number of aliphatic hydroxyl groups excluding tert-OH is 1. The second-order valence-corrected chi connectivity index (χ2v) is 4.34. The lowest BCUT2D eigenvalue weighted by Crippen LogP contribution is -2.38. The quantitative estimate of drug-likeness (QED) is 0.811. The number of carbonyl (C=O) groups excluding carboxylic acids is 1. The Morgan fingerprint density at radius 1 is 1.26 bits per heavy atom. The molecule has 3 heteroatoms. The molecule has 0 bridgehead atoms. The van der Waals surface area contributed by atoms with Gasteiger partial charge in [0.25, 0.3) is 5.91 Å². The number of terminal acetylenes is 1. The Morgan fingerprint density at radius 3 is 2.74 bits per heavy atom. The summed E-state index contributed by atoms with van der Waals surface area (Å²) < 4.78 is 0. The fraction of sp³-hybridized carbons (Fsp3) is 0.188. The third kappa shape index (κ3) is 3.12. The Bertz CT molecular complexity index is 623. The van der Waals surface area contributed by atoms with Crippen LogP contribution >= 0.6 is 0 Å². The molecule has 0 aliphatic heterocycles. The van der Waals surface area contributed by atoms with E-state index in [4.69, 9.17) is 6.42 Å². The van der Waals surface area contributed by atoms with Crippen molar-refractivity contribution in [1.82, 2.24) is 5.32 Å². The largest absolute Gasteiger partial charge is 0.394 e. The van der Waals surface area contributed by atoms with Crippen molar-refractivity contribution in [1.29, 1.82) is 0 Å². The minimum absolute atomic E-state index is 0.142. The van der Waals surface area contributed by atoms with Gasteiger partial charge < -0.3 is 10.4 Å².